The van der Waals surface area contributed by atoms with Gasteiger partial charge in [-0.1, -0.05) is 0 Å². The first-order valence-corrected chi connectivity index (χ1v) is 8.33. The summed E-state index contributed by atoms with van der Waals surface area (Å²) in [6.45, 7) is 0.481. The van der Waals surface area contributed by atoms with E-state index >= 15 is 0 Å². The second kappa shape index (κ2) is 7.85. The van der Waals surface area contributed by atoms with E-state index in [1.807, 2.05) is 0 Å². The van der Waals surface area contributed by atoms with Crippen LogP contribution >= 0.6 is 12.2 Å². The van der Waals surface area contributed by atoms with Gasteiger partial charge in [0, 0.05) is 33.3 Å². The van der Waals surface area contributed by atoms with Gasteiger partial charge in [0.2, 0.25) is 12.7 Å². The highest BCUT2D eigenvalue weighted by Gasteiger charge is 2.17. The molecule has 0 saturated heterocycles. The Morgan fingerprint density at radius 3 is 2.73 bits per heavy atom. The van der Waals surface area contributed by atoms with Crippen LogP contribution in [0.2, 0.25) is 0 Å². The molecule has 0 aliphatic carbocycles. The lowest BCUT2D eigenvalue weighted by Gasteiger charge is -2.14. The standard InChI is InChI=1S/C16H19N3O6S/c1-22-14(23-2)7-17-13(20)3-4-19-15(21)9-5-11-12(25-8-24-11)6-10(9)18-16(19)26/h5-6,14H,3-4,7-8H2,1-2H3,(H,17,20)(H,18,26). The van der Waals surface area contributed by atoms with Crippen LogP contribution in [0.4, 0.5) is 0 Å². The van der Waals surface area contributed by atoms with Gasteiger partial charge in [-0.3, -0.25) is 14.2 Å². The molecule has 2 aromatic rings. The van der Waals surface area contributed by atoms with Crippen LogP contribution in [0.3, 0.4) is 0 Å². The minimum atomic E-state index is -0.519. The second-order valence-electron chi connectivity index (χ2n) is 5.59. The molecule has 0 unspecified atom stereocenters. The predicted molar refractivity (Wildman–Crippen MR) is 94.9 cm³/mol. The number of carbonyl (C=O) groups excluding carboxylic acids is 1. The molecule has 0 spiro atoms. The normalized spacial score (nSPS) is 12.7. The Bertz CT molecular complexity index is 934. The maximum atomic E-state index is 12.7. The fourth-order valence-corrected chi connectivity index (χ4v) is 2.89. The summed E-state index contributed by atoms with van der Waals surface area (Å²) in [6, 6.07) is 3.30. The number of aromatic nitrogens is 2. The highest BCUT2D eigenvalue weighted by Crippen LogP contribution is 2.34. The Kier molecular flexibility index (Phi) is 5.55. The summed E-state index contributed by atoms with van der Waals surface area (Å²) < 4.78 is 22.2. The molecule has 1 amide bonds. The zero-order chi connectivity index (χ0) is 18.7. The average Bonchev–Trinajstić information content (AvgIpc) is 3.08. The Morgan fingerprint density at radius 2 is 2.04 bits per heavy atom. The van der Waals surface area contributed by atoms with Gasteiger partial charge >= 0.3 is 0 Å². The molecule has 9 nitrogen and oxygen atoms in total. The minimum Gasteiger partial charge on any atom is -0.454 e. The van der Waals surface area contributed by atoms with Crippen molar-refractivity contribution in [3.8, 4) is 11.5 Å². The van der Waals surface area contributed by atoms with E-state index in [1.54, 1.807) is 12.1 Å². The summed E-state index contributed by atoms with van der Waals surface area (Å²) in [4.78, 5) is 27.7. The maximum Gasteiger partial charge on any atom is 0.262 e. The van der Waals surface area contributed by atoms with E-state index < -0.39 is 6.29 Å². The lowest BCUT2D eigenvalue weighted by Crippen LogP contribution is -2.35. The highest BCUT2D eigenvalue weighted by molar-refractivity contribution is 7.71. The van der Waals surface area contributed by atoms with Gasteiger partial charge in [-0.05, 0) is 18.3 Å². The number of rotatable bonds is 7. The molecule has 0 radical (unpaired) electrons. The first-order valence-electron chi connectivity index (χ1n) is 7.92. The molecule has 0 atom stereocenters. The fraction of sp³-hybridized carbons (Fsp3) is 0.438. The zero-order valence-corrected chi connectivity index (χ0v) is 15.2. The van der Waals surface area contributed by atoms with E-state index in [0.717, 1.165) is 0 Å². The molecule has 2 N–H and O–H groups in total. The molecule has 0 fully saturated rings. The Labute approximate surface area is 153 Å². The number of hydrogen-bond donors (Lipinski definition) is 2. The van der Waals surface area contributed by atoms with Crippen LogP contribution in [0.5, 0.6) is 11.5 Å². The number of nitrogens with one attached hydrogen (secondary N) is 2. The van der Waals surface area contributed by atoms with Gasteiger partial charge in [-0.25, -0.2) is 0 Å². The molecule has 1 aliphatic heterocycles. The van der Waals surface area contributed by atoms with Crippen molar-refractivity contribution in [2.45, 2.75) is 19.3 Å². The molecular weight excluding hydrogens is 362 g/mol. The highest BCUT2D eigenvalue weighted by atomic mass is 32.1. The molecule has 3 rings (SSSR count). The largest absolute Gasteiger partial charge is 0.454 e. The lowest BCUT2D eigenvalue weighted by molar-refractivity contribution is -0.127. The summed E-state index contributed by atoms with van der Waals surface area (Å²) >= 11 is 5.25. The molecule has 1 aromatic carbocycles. The van der Waals surface area contributed by atoms with Gasteiger partial charge in [0.05, 0.1) is 17.4 Å². The summed E-state index contributed by atoms with van der Waals surface area (Å²) in [5.41, 5.74) is 0.273. The number of nitrogens with zero attached hydrogens (tertiary/aromatic N) is 1. The molecule has 2 heterocycles. The van der Waals surface area contributed by atoms with Gasteiger partial charge in [0.25, 0.3) is 5.56 Å². The number of fused-ring (bicyclic) bond motifs is 2. The molecule has 1 aromatic heterocycles. The Hall–Kier alpha value is -2.43. The molecule has 0 bridgehead atoms. The van der Waals surface area contributed by atoms with Gasteiger partial charge in [-0.15, -0.1) is 0 Å². The van der Waals surface area contributed by atoms with Gasteiger partial charge in [0.1, 0.15) is 0 Å². The van der Waals surface area contributed by atoms with E-state index in [2.05, 4.69) is 10.3 Å². The zero-order valence-electron chi connectivity index (χ0n) is 14.4. The van der Waals surface area contributed by atoms with Crippen LogP contribution in [-0.4, -0.2) is 49.3 Å². The topological polar surface area (TPSA) is 104 Å². The predicted octanol–water partition coefficient (Wildman–Crippen LogP) is 0.913. The van der Waals surface area contributed by atoms with Crippen molar-refractivity contribution in [1.29, 1.82) is 0 Å². The molecular formula is C16H19N3O6S. The summed E-state index contributed by atoms with van der Waals surface area (Å²) in [5.74, 6) is 0.830. The number of methoxy groups -OCH3 is 2. The number of amides is 1. The average molecular weight is 381 g/mol. The lowest BCUT2D eigenvalue weighted by atomic mass is 10.2. The van der Waals surface area contributed by atoms with Crippen molar-refractivity contribution in [2.75, 3.05) is 27.6 Å². The SMILES string of the molecule is COC(CNC(=O)CCn1c(=S)[nH]c2cc3c(cc2c1=O)OCO3)OC. The quantitative estimate of drug-likeness (QED) is 0.543. The summed E-state index contributed by atoms with van der Waals surface area (Å²) in [5, 5.41) is 3.10. The van der Waals surface area contributed by atoms with E-state index in [9.17, 15) is 9.59 Å². The third-order valence-electron chi connectivity index (χ3n) is 4.03. The van der Waals surface area contributed by atoms with Crippen LogP contribution in [0.25, 0.3) is 10.9 Å². The van der Waals surface area contributed by atoms with Crippen LogP contribution in [-0.2, 0) is 20.8 Å². The third kappa shape index (κ3) is 3.71. The second-order valence-corrected chi connectivity index (χ2v) is 5.98. The third-order valence-corrected chi connectivity index (χ3v) is 4.35. The number of carbonyl (C=O) groups is 1. The smallest absolute Gasteiger partial charge is 0.262 e. The molecule has 1 aliphatic rings. The maximum absolute atomic E-state index is 12.7. The number of hydrogen-bond acceptors (Lipinski definition) is 7. The van der Waals surface area contributed by atoms with Gasteiger partial charge < -0.3 is 29.2 Å². The van der Waals surface area contributed by atoms with Crippen molar-refractivity contribution in [3.05, 3.63) is 27.3 Å². The molecule has 10 heteroatoms. The van der Waals surface area contributed by atoms with Crippen LogP contribution in [0.1, 0.15) is 6.42 Å². The molecule has 0 saturated carbocycles. The monoisotopic (exact) mass is 381 g/mol. The number of benzene rings is 1. The first kappa shape index (κ1) is 18.4. The van der Waals surface area contributed by atoms with Crippen LogP contribution < -0.4 is 20.3 Å². The molecule has 140 valence electrons. The van der Waals surface area contributed by atoms with Crippen molar-refractivity contribution in [3.63, 3.8) is 0 Å². The van der Waals surface area contributed by atoms with Crippen molar-refractivity contribution >= 4 is 29.0 Å². The minimum absolute atomic E-state index is 0.0909. The van der Waals surface area contributed by atoms with E-state index in [-0.39, 0.29) is 42.5 Å². The van der Waals surface area contributed by atoms with E-state index in [1.165, 1.54) is 18.8 Å². The number of aromatic amines is 1. The van der Waals surface area contributed by atoms with Crippen molar-refractivity contribution < 1.29 is 23.7 Å². The summed E-state index contributed by atoms with van der Waals surface area (Å²) in [6.07, 6.45) is -0.428. The molecule has 26 heavy (non-hydrogen) atoms. The Morgan fingerprint density at radius 1 is 1.35 bits per heavy atom. The number of ether oxygens (including phenoxy) is 4. The number of H-pyrrole nitrogens is 1. The van der Waals surface area contributed by atoms with E-state index in [4.69, 9.17) is 31.2 Å². The van der Waals surface area contributed by atoms with Crippen LogP contribution in [0.15, 0.2) is 16.9 Å². The van der Waals surface area contributed by atoms with Gasteiger partial charge in [-0.2, -0.15) is 0 Å². The van der Waals surface area contributed by atoms with E-state index in [0.29, 0.717) is 22.4 Å². The van der Waals surface area contributed by atoms with Gasteiger partial charge in [0.15, 0.2) is 22.6 Å². The van der Waals surface area contributed by atoms with Crippen molar-refractivity contribution in [1.82, 2.24) is 14.9 Å². The fourth-order valence-electron chi connectivity index (χ4n) is 2.61. The van der Waals surface area contributed by atoms with Crippen molar-refractivity contribution in [2.24, 2.45) is 0 Å². The Balaban J connectivity index is 1.76. The summed E-state index contributed by atoms with van der Waals surface area (Å²) in [7, 11) is 2.97. The first-order chi connectivity index (χ1) is 12.5. The van der Waals surface area contributed by atoms with Crippen LogP contribution in [0, 0.1) is 4.77 Å².